The Morgan fingerprint density at radius 3 is 2.76 bits per heavy atom. The predicted octanol–water partition coefficient (Wildman–Crippen LogP) is 3.20. The van der Waals surface area contributed by atoms with Crippen molar-refractivity contribution in [3.63, 3.8) is 0 Å². The van der Waals surface area contributed by atoms with Gasteiger partial charge in [0.15, 0.2) is 5.82 Å². The Morgan fingerprint density at radius 1 is 1.38 bits per heavy atom. The molecule has 5 nitrogen and oxygen atoms in total. The lowest BCUT2D eigenvalue weighted by Crippen LogP contribution is -2.07. The molecule has 8 heteroatoms. The topological polar surface area (TPSA) is 63.7 Å². The van der Waals surface area contributed by atoms with Crippen LogP contribution in [0.15, 0.2) is 18.5 Å². The minimum Gasteiger partial charge on any atom is -0.501 e. The van der Waals surface area contributed by atoms with E-state index in [0.29, 0.717) is 12.2 Å². The molecule has 1 N–H and O–H groups in total. The summed E-state index contributed by atoms with van der Waals surface area (Å²) < 4.78 is 42.6. The number of ether oxygens (including phenoxy) is 1. The smallest absolute Gasteiger partial charge is 0.451 e. The summed E-state index contributed by atoms with van der Waals surface area (Å²) in [5.41, 5.74) is 1.84. The van der Waals surface area contributed by atoms with Gasteiger partial charge in [0.05, 0.1) is 12.9 Å². The third-order valence-corrected chi connectivity index (χ3v) is 2.65. The van der Waals surface area contributed by atoms with E-state index in [1.165, 1.54) is 12.5 Å². The number of rotatable bonds is 4. The number of halogens is 3. The van der Waals surface area contributed by atoms with Gasteiger partial charge in [0.1, 0.15) is 0 Å². The van der Waals surface area contributed by atoms with Crippen molar-refractivity contribution in [3.8, 4) is 11.4 Å². The van der Waals surface area contributed by atoms with Gasteiger partial charge in [-0.15, -0.1) is 0 Å². The van der Waals surface area contributed by atoms with Crippen molar-refractivity contribution in [2.45, 2.75) is 20.0 Å². The summed E-state index contributed by atoms with van der Waals surface area (Å²) in [4.78, 5) is 7.56. The Balaban J connectivity index is 2.32. The Morgan fingerprint density at radius 2 is 2.14 bits per heavy atom. The van der Waals surface area contributed by atoms with Crippen LogP contribution in [-0.2, 0) is 10.9 Å². The maximum atomic E-state index is 12.5. The highest BCUT2D eigenvalue weighted by Crippen LogP contribution is 2.27. The molecule has 0 aliphatic carbocycles. The highest BCUT2D eigenvalue weighted by molar-refractivity contribution is 5.61. The monoisotopic (exact) mass is 298 g/mol. The van der Waals surface area contributed by atoms with Crippen LogP contribution in [0.3, 0.4) is 0 Å². The molecular weight excluding hydrogens is 285 g/mol. The summed E-state index contributed by atoms with van der Waals surface area (Å²) in [7, 11) is 0. The van der Waals surface area contributed by atoms with Gasteiger partial charge in [0.2, 0.25) is 5.82 Å². The Bertz CT molecular complexity index is 649. The second kappa shape index (κ2) is 5.94. The van der Waals surface area contributed by atoms with Crippen molar-refractivity contribution in [2.75, 3.05) is 6.61 Å². The number of aryl methyl sites for hydroxylation is 1. The van der Waals surface area contributed by atoms with E-state index in [4.69, 9.17) is 4.74 Å². The summed E-state index contributed by atoms with van der Waals surface area (Å²) in [6.07, 6.45) is 0.0668. The highest BCUT2D eigenvalue weighted by atomic mass is 19.4. The van der Waals surface area contributed by atoms with E-state index in [9.17, 15) is 13.2 Å². The zero-order valence-corrected chi connectivity index (χ0v) is 11.4. The molecule has 2 heterocycles. The number of aromatic amines is 1. The number of alkyl halides is 3. The van der Waals surface area contributed by atoms with Crippen molar-refractivity contribution in [1.29, 1.82) is 0 Å². The van der Waals surface area contributed by atoms with Crippen LogP contribution in [0, 0.1) is 6.92 Å². The average Bonchev–Trinajstić information content (AvgIpc) is 2.91. The molecule has 0 amide bonds. The second-order valence-corrected chi connectivity index (χ2v) is 4.16. The Kier molecular flexibility index (Phi) is 4.25. The van der Waals surface area contributed by atoms with Crippen molar-refractivity contribution in [1.82, 2.24) is 20.2 Å². The number of aromatic nitrogens is 4. The highest BCUT2D eigenvalue weighted by Gasteiger charge is 2.35. The molecule has 0 radical (unpaired) electrons. The van der Waals surface area contributed by atoms with Crippen LogP contribution in [0.5, 0.6) is 0 Å². The van der Waals surface area contributed by atoms with Crippen molar-refractivity contribution >= 4 is 6.08 Å². The van der Waals surface area contributed by atoms with Crippen LogP contribution in [0.4, 0.5) is 13.2 Å². The maximum Gasteiger partial charge on any atom is 0.451 e. The first-order valence-electron chi connectivity index (χ1n) is 6.16. The lowest BCUT2D eigenvalue weighted by Gasteiger charge is -2.02. The molecule has 2 aromatic heterocycles. The molecule has 0 atom stereocenters. The van der Waals surface area contributed by atoms with E-state index in [0.717, 1.165) is 11.3 Å². The molecule has 2 aromatic rings. The molecule has 0 aliphatic heterocycles. The molecular formula is C13H13F3N4O. The number of pyridine rings is 1. The Hall–Kier alpha value is -2.38. The molecule has 0 aliphatic rings. The molecule has 0 saturated carbocycles. The molecule has 112 valence electrons. The van der Waals surface area contributed by atoms with Gasteiger partial charge in [0, 0.05) is 17.5 Å². The SMILES string of the molecule is CCOC=Cc1cc(-c2n[nH]c(C(F)(F)F)n2)cnc1C. The summed E-state index contributed by atoms with van der Waals surface area (Å²) in [5.74, 6) is -1.19. The van der Waals surface area contributed by atoms with E-state index in [2.05, 4.69) is 15.1 Å². The van der Waals surface area contributed by atoms with E-state index < -0.39 is 12.0 Å². The van der Waals surface area contributed by atoms with Gasteiger partial charge in [-0.1, -0.05) is 0 Å². The van der Waals surface area contributed by atoms with E-state index in [1.807, 2.05) is 12.0 Å². The molecule has 0 unspecified atom stereocenters. The predicted molar refractivity (Wildman–Crippen MR) is 70.0 cm³/mol. The molecule has 2 rings (SSSR count). The third-order valence-electron chi connectivity index (χ3n) is 2.65. The first kappa shape index (κ1) is 15.0. The van der Waals surface area contributed by atoms with Crippen LogP contribution >= 0.6 is 0 Å². The normalized spacial score (nSPS) is 12.0. The van der Waals surface area contributed by atoms with Crippen LogP contribution in [0.25, 0.3) is 17.5 Å². The van der Waals surface area contributed by atoms with Crippen LogP contribution in [0.1, 0.15) is 24.0 Å². The summed E-state index contributed by atoms with van der Waals surface area (Å²) >= 11 is 0. The summed E-state index contributed by atoms with van der Waals surface area (Å²) in [5, 5.41) is 5.44. The van der Waals surface area contributed by atoms with E-state index >= 15 is 0 Å². The minimum absolute atomic E-state index is 0.0547. The van der Waals surface area contributed by atoms with Gasteiger partial charge in [0.25, 0.3) is 0 Å². The van der Waals surface area contributed by atoms with Crippen molar-refractivity contribution in [2.24, 2.45) is 0 Å². The minimum atomic E-state index is -4.55. The standard InChI is InChI=1S/C13H13F3N4O/c1-3-21-5-4-9-6-10(7-17-8(9)2)11-18-12(20-19-11)13(14,15)16/h4-7H,3H2,1-2H3,(H,18,19,20). The third kappa shape index (κ3) is 3.59. The van der Waals surface area contributed by atoms with Gasteiger partial charge in [-0.3, -0.25) is 10.1 Å². The molecule has 0 spiro atoms. The largest absolute Gasteiger partial charge is 0.501 e. The van der Waals surface area contributed by atoms with Gasteiger partial charge in [-0.2, -0.15) is 18.3 Å². The van der Waals surface area contributed by atoms with Gasteiger partial charge in [-0.25, -0.2) is 4.98 Å². The number of hydrogen-bond acceptors (Lipinski definition) is 4. The van der Waals surface area contributed by atoms with Crippen molar-refractivity contribution in [3.05, 3.63) is 35.6 Å². The van der Waals surface area contributed by atoms with Gasteiger partial charge in [-0.05, 0) is 31.6 Å². The molecule has 0 fully saturated rings. The molecule has 21 heavy (non-hydrogen) atoms. The quantitative estimate of drug-likeness (QED) is 0.880. The fraction of sp³-hybridized carbons (Fsp3) is 0.308. The van der Waals surface area contributed by atoms with Crippen LogP contribution < -0.4 is 0 Å². The maximum absolute atomic E-state index is 12.5. The Labute approximate surface area is 118 Å². The molecule has 0 aromatic carbocycles. The lowest BCUT2D eigenvalue weighted by atomic mass is 10.1. The number of hydrogen-bond donors (Lipinski definition) is 1. The molecule has 0 bridgehead atoms. The number of H-pyrrole nitrogens is 1. The number of nitrogens with one attached hydrogen (secondary N) is 1. The van der Waals surface area contributed by atoms with Gasteiger partial charge >= 0.3 is 6.18 Å². The second-order valence-electron chi connectivity index (χ2n) is 4.16. The first-order valence-corrected chi connectivity index (χ1v) is 6.16. The van der Waals surface area contributed by atoms with Gasteiger partial charge < -0.3 is 4.74 Å². The van der Waals surface area contributed by atoms with Crippen LogP contribution in [-0.4, -0.2) is 26.8 Å². The lowest BCUT2D eigenvalue weighted by molar-refractivity contribution is -0.144. The zero-order chi connectivity index (χ0) is 15.5. The average molecular weight is 298 g/mol. The first-order chi connectivity index (χ1) is 9.91. The fourth-order valence-corrected chi connectivity index (χ4v) is 1.58. The number of nitrogens with zero attached hydrogens (tertiary/aromatic N) is 3. The van der Waals surface area contributed by atoms with E-state index in [1.54, 1.807) is 19.1 Å². The van der Waals surface area contributed by atoms with E-state index in [-0.39, 0.29) is 5.82 Å². The molecule has 0 saturated heterocycles. The fourth-order valence-electron chi connectivity index (χ4n) is 1.58. The van der Waals surface area contributed by atoms with Crippen molar-refractivity contribution < 1.29 is 17.9 Å². The summed E-state index contributed by atoms with van der Waals surface area (Å²) in [6.45, 7) is 4.16. The summed E-state index contributed by atoms with van der Waals surface area (Å²) in [6, 6.07) is 1.65. The zero-order valence-electron chi connectivity index (χ0n) is 11.4. The van der Waals surface area contributed by atoms with Crippen LogP contribution in [0.2, 0.25) is 0 Å².